The van der Waals surface area contributed by atoms with E-state index in [0.717, 1.165) is 0 Å². The van der Waals surface area contributed by atoms with Gasteiger partial charge in [0.1, 0.15) is 0 Å². The summed E-state index contributed by atoms with van der Waals surface area (Å²) in [5, 5.41) is 9.45. The summed E-state index contributed by atoms with van der Waals surface area (Å²) in [6.07, 6.45) is 0.0791. The number of rotatable bonds is 5. The fourth-order valence-electron chi connectivity index (χ4n) is 1.16. The standard InChI is InChI=1S/C13H18O4/c1-9(2)16-8-10(3)13(15)17-12-7-5-4-6-11(12)14/h4-7,9-10,14H,8H2,1-3H3. The Morgan fingerprint density at radius 2 is 1.94 bits per heavy atom. The molecular weight excluding hydrogens is 220 g/mol. The maximum atomic E-state index is 11.7. The van der Waals surface area contributed by atoms with E-state index in [1.807, 2.05) is 13.8 Å². The molecule has 0 heterocycles. The van der Waals surface area contributed by atoms with E-state index in [4.69, 9.17) is 9.47 Å². The molecule has 4 heteroatoms. The van der Waals surface area contributed by atoms with Crippen LogP contribution in [0.15, 0.2) is 24.3 Å². The van der Waals surface area contributed by atoms with E-state index in [9.17, 15) is 9.90 Å². The first-order valence-electron chi connectivity index (χ1n) is 5.62. The molecular formula is C13H18O4. The highest BCUT2D eigenvalue weighted by molar-refractivity contribution is 5.75. The molecule has 1 unspecified atom stereocenters. The number of phenols is 1. The van der Waals surface area contributed by atoms with Gasteiger partial charge in [0.25, 0.3) is 0 Å². The van der Waals surface area contributed by atoms with Crippen molar-refractivity contribution in [1.82, 2.24) is 0 Å². The van der Waals surface area contributed by atoms with Crippen LogP contribution in [0, 0.1) is 5.92 Å². The van der Waals surface area contributed by atoms with Crippen LogP contribution < -0.4 is 4.74 Å². The molecule has 1 N–H and O–H groups in total. The summed E-state index contributed by atoms with van der Waals surface area (Å²) >= 11 is 0. The zero-order valence-electron chi connectivity index (χ0n) is 10.3. The van der Waals surface area contributed by atoms with Crippen LogP contribution in [0.2, 0.25) is 0 Å². The third-order valence-electron chi connectivity index (χ3n) is 2.16. The molecule has 1 aromatic carbocycles. The summed E-state index contributed by atoms with van der Waals surface area (Å²) in [4.78, 5) is 11.7. The summed E-state index contributed by atoms with van der Waals surface area (Å²) in [6.45, 7) is 5.84. The Hall–Kier alpha value is -1.55. The molecule has 0 saturated heterocycles. The van der Waals surface area contributed by atoms with Gasteiger partial charge in [0.05, 0.1) is 18.6 Å². The molecule has 0 aliphatic carbocycles. The summed E-state index contributed by atoms with van der Waals surface area (Å²) < 4.78 is 10.4. The number of hydrogen-bond acceptors (Lipinski definition) is 4. The lowest BCUT2D eigenvalue weighted by Gasteiger charge is -2.13. The highest BCUT2D eigenvalue weighted by Crippen LogP contribution is 2.25. The predicted octanol–water partition coefficient (Wildman–Crippen LogP) is 2.36. The molecule has 0 aromatic heterocycles. The van der Waals surface area contributed by atoms with E-state index >= 15 is 0 Å². The SMILES string of the molecule is CC(C)OCC(C)C(=O)Oc1ccccc1O. The van der Waals surface area contributed by atoms with E-state index in [-0.39, 0.29) is 23.5 Å². The number of carbonyl (C=O) groups excluding carboxylic acids is 1. The normalized spacial score (nSPS) is 12.5. The molecule has 0 saturated carbocycles. The van der Waals surface area contributed by atoms with Crippen LogP contribution in [0.4, 0.5) is 0 Å². The second kappa shape index (κ2) is 6.25. The van der Waals surface area contributed by atoms with Gasteiger partial charge in [-0.25, -0.2) is 0 Å². The highest BCUT2D eigenvalue weighted by atomic mass is 16.5. The van der Waals surface area contributed by atoms with Crippen molar-refractivity contribution in [3.05, 3.63) is 24.3 Å². The number of para-hydroxylation sites is 2. The Kier molecular flexibility index (Phi) is 4.97. The van der Waals surface area contributed by atoms with Crippen molar-refractivity contribution in [1.29, 1.82) is 0 Å². The average molecular weight is 238 g/mol. The van der Waals surface area contributed by atoms with Crippen molar-refractivity contribution >= 4 is 5.97 Å². The first kappa shape index (κ1) is 13.5. The second-order valence-electron chi connectivity index (χ2n) is 4.17. The van der Waals surface area contributed by atoms with Gasteiger partial charge in [-0.1, -0.05) is 12.1 Å². The predicted molar refractivity (Wildman–Crippen MR) is 64.0 cm³/mol. The third kappa shape index (κ3) is 4.44. The van der Waals surface area contributed by atoms with Crippen LogP contribution in [-0.2, 0) is 9.53 Å². The maximum Gasteiger partial charge on any atom is 0.316 e. The maximum absolute atomic E-state index is 11.7. The number of hydrogen-bond donors (Lipinski definition) is 1. The quantitative estimate of drug-likeness (QED) is 0.632. The smallest absolute Gasteiger partial charge is 0.316 e. The van der Waals surface area contributed by atoms with Crippen molar-refractivity contribution in [2.45, 2.75) is 26.9 Å². The van der Waals surface area contributed by atoms with Crippen LogP contribution in [0.1, 0.15) is 20.8 Å². The van der Waals surface area contributed by atoms with E-state index < -0.39 is 5.97 Å². The first-order chi connectivity index (χ1) is 8.00. The average Bonchev–Trinajstić information content (AvgIpc) is 2.28. The summed E-state index contributed by atoms with van der Waals surface area (Å²) in [7, 11) is 0. The number of phenolic OH excluding ortho intramolecular Hbond substituents is 1. The van der Waals surface area contributed by atoms with Crippen LogP contribution in [-0.4, -0.2) is 23.8 Å². The summed E-state index contributed by atoms with van der Waals surface area (Å²) in [6, 6.07) is 6.37. The Bertz CT molecular complexity index is 373. The topological polar surface area (TPSA) is 55.8 Å². The van der Waals surface area contributed by atoms with Gasteiger partial charge in [-0.3, -0.25) is 4.79 Å². The summed E-state index contributed by atoms with van der Waals surface area (Å²) in [5.74, 6) is -0.643. The molecule has 17 heavy (non-hydrogen) atoms. The molecule has 0 aliphatic rings. The van der Waals surface area contributed by atoms with Gasteiger partial charge in [-0.15, -0.1) is 0 Å². The Labute approximate surface area is 101 Å². The number of esters is 1. The van der Waals surface area contributed by atoms with Gasteiger partial charge in [0, 0.05) is 0 Å². The third-order valence-corrected chi connectivity index (χ3v) is 2.16. The lowest BCUT2D eigenvalue weighted by molar-refractivity contribution is -0.141. The van der Waals surface area contributed by atoms with E-state index in [0.29, 0.717) is 6.61 Å². The number of aromatic hydroxyl groups is 1. The van der Waals surface area contributed by atoms with Crippen molar-refractivity contribution in [3.63, 3.8) is 0 Å². The minimum atomic E-state index is -0.410. The molecule has 0 fully saturated rings. The van der Waals surface area contributed by atoms with Gasteiger partial charge in [-0.2, -0.15) is 0 Å². The van der Waals surface area contributed by atoms with Crippen LogP contribution >= 0.6 is 0 Å². The molecule has 1 rings (SSSR count). The molecule has 1 aromatic rings. The number of ether oxygens (including phenoxy) is 2. The van der Waals surface area contributed by atoms with Crippen LogP contribution in [0.25, 0.3) is 0 Å². The van der Waals surface area contributed by atoms with Crippen molar-refractivity contribution in [3.8, 4) is 11.5 Å². The lowest BCUT2D eigenvalue weighted by atomic mass is 10.2. The van der Waals surface area contributed by atoms with Gasteiger partial charge in [0.15, 0.2) is 11.5 Å². The second-order valence-corrected chi connectivity index (χ2v) is 4.17. The van der Waals surface area contributed by atoms with Crippen LogP contribution in [0.3, 0.4) is 0 Å². The van der Waals surface area contributed by atoms with Crippen molar-refractivity contribution < 1.29 is 19.4 Å². The van der Waals surface area contributed by atoms with Crippen molar-refractivity contribution in [2.24, 2.45) is 5.92 Å². The van der Waals surface area contributed by atoms with Gasteiger partial charge >= 0.3 is 5.97 Å². The Morgan fingerprint density at radius 1 is 1.29 bits per heavy atom. The zero-order chi connectivity index (χ0) is 12.8. The van der Waals surface area contributed by atoms with Crippen LogP contribution in [0.5, 0.6) is 11.5 Å². The highest BCUT2D eigenvalue weighted by Gasteiger charge is 2.17. The molecule has 0 radical (unpaired) electrons. The minimum Gasteiger partial charge on any atom is -0.504 e. The van der Waals surface area contributed by atoms with Gasteiger partial charge in [0.2, 0.25) is 0 Å². The number of carbonyl (C=O) groups is 1. The Balaban J connectivity index is 2.52. The zero-order valence-corrected chi connectivity index (χ0v) is 10.3. The molecule has 0 amide bonds. The largest absolute Gasteiger partial charge is 0.504 e. The lowest BCUT2D eigenvalue weighted by Crippen LogP contribution is -2.23. The van der Waals surface area contributed by atoms with E-state index in [2.05, 4.69) is 0 Å². The molecule has 0 aliphatic heterocycles. The van der Waals surface area contributed by atoms with E-state index in [1.54, 1.807) is 25.1 Å². The fraction of sp³-hybridized carbons (Fsp3) is 0.462. The molecule has 0 bridgehead atoms. The van der Waals surface area contributed by atoms with Gasteiger partial charge < -0.3 is 14.6 Å². The first-order valence-corrected chi connectivity index (χ1v) is 5.62. The van der Waals surface area contributed by atoms with Gasteiger partial charge in [-0.05, 0) is 32.9 Å². The summed E-state index contributed by atoms with van der Waals surface area (Å²) in [5.41, 5.74) is 0. The number of benzene rings is 1. The Morgan fingerprint density at radius 3 is 2.53 bits per heavy atom. The minimum absolute atomic E-state index is 0.0437. The monoisotopic (exact) mass is 238 g/mol. The van der Waals surface area contributed by atoms with E-state index in [1.165, 1.54) is 6.07 Å². The molecule has 94 valence electrons. The van der Waals surface area contributed by atoms with Crippen molar-refractivity contribution in [2.75, 3.05) is 6.61 Å². The molecule has 1 atom stereocenters. The molecule has 4 nitrogen and oxygen atoms in total. The fourth-order valence-corrected chi connectivity index (χ4v) is 1.16. The molecule has 0 spiro atoms.